The van der Waals surface area contributed by atoms with Gasteiger partial charge in [0.25, 0.3) is 0 Å². The van der Waals surface area contributed by atoms with Crippen LogP contribution in [0.3, 0.4) is 0 Å². The summed E-state index contributed by atoms with van der Waals surface area (Å²) in [5.74, 6) is 0.658. The van der Waals surface area contributed by atoms with Crippen molar-refractivity contribution < 1.29 is 13.2 Å². The van der Waals surface area contributed by atoms with Gasteiger partial charge in [-0.05, 0) is 43.5 Å². The van der Waals surface area contributed by atoms with Crippen LogP contribution in [-0.4, -0.2) is 30.4 Å². The van der Waals surface area contributed by atoms with E-state index in [1.54, 1.807) is 6.07 Å². The largest absolute Gasteiger partial charge is 0.418 e. The van der Waals surface area contributed by atoms with Gasteiger partial charge in [0.15, 0.2) is 0 Å². The number of fused-ring (bicyclic) bond motifs is 1. The van der Waals surface area contributed by atoms with Gasteiger partial charge < -0.3 is 10.2 Å². The van der Waals surface area contributed by atoms with E-state index in [0.717, 1.165) is 47.8 Å². The molecule has 1 aliphatic heterocycles. The molecule has 0 bridgehead atoms. The molecule has 0 spiro atoms. The van der Waals surface area contributed by atoms with Crippen molar-refractivity contribution in [2.75, 3.05) is 30.9 Å². The first-order valence-corrected chi connectivity index (χ1v) is 9.66. The molecule has 0 unspecified atom stereocenters. The number of hydrogen-bond acceptors (Lipinski definition) is 3. The average molecular weight is 400 g/mol. The Bertz CT molecular complexity index is 1000. The van der Waals surface area contributed by atoms with E-state index in [4.69, 9.17) is 0 Å². The van der Waals surface area contributed by atoms with Crippen LogP contribution in [0.15, 0.2) is 48.5 Å². The molecule has 29 heavy (non-hydrogen) atoms. The quantitative estimate of drug-likeness (QED) is 0.641. The Balaban J connectivity index is 1.89. The number of anilines is 2. The lowest BCUT2D eigenvalue weighted by Crippen LogP contribution is -2.14. The van der Waals surface area contributed by atoms with Gasteiger partial charge in [-0.25, -0.2) is 4.68 Å². The zero-order chi connectivity index (χ0) is 20.6. The van der Waals surface area contributed by atoms with Crippen molar-refractivity contribution in [2.24, 2.45) is 0 Å². The summed E-state index contributed by atoms with van der Waals surface area (Å²) >= 11 is 0. The lowest BCUT2D eigenvalue weighted by Gasteiger charge is -2.15. The van der Waals surface area contributed by atoms with Gasteiger partial charge >= 0.3 is 6.18 Å². The van der Waals surface area contributed by atoms with Crippen molar-refractivity contribution >= 4 is 11.5 Å². The average Bonchev–Trinajstić information content (AvgIpc) is 2.88. The van der Waals surface area contributed by atoms with E-state index in [-0.39, 0.29) is 5.69 Å². The number of para-hydroxylation sites is 1. The maximum Gasteiger partial charge on any atom is 0.418 e. The standard InChI is InChI=1S/C22H23F3N4/c1-28(2)16-12-10-15(11-13-16)20-17-7-5-6-14-26-21(17)29(27-20)19-9-4-3-8-18(19)22(23,24)25/h3-4,8-13,26H,5-7,14H2,1-2H3. The molecule has 1 aliphatic rings. The third-order valence-corrected chi connectivity index (χ3v) is 5.22. The molecule has 0 atom stereocenters. The highest BCUT2D eigenvalue weighted by atomic mass is 19.4. The van der Waals surface area contributed by atoms with Crippen molar-refractivity contribution in [3.8, 4) is 16.9 Å². The first-order valence-electron chi connectivity index (χ1n) is 9.66. The molecule has 3 aromatic rings. The molecule has 0 saturated carbocycles. The number of nitrogens with zero attached hydrogens (tertiary/aromatic N) is 3. The van der Waals surface area contributed by atoms with E-state index in [1.807, 2.05) is 43.3 Å². The van der Waals surface area contributed by atoms with Crippen LogP contribution in [0.2, 0.25) is 0 Å². The van der Waals surface area contributed by atoms with Gasteiger partial charge in [-0.1, -0.05) is 24.3 Å². The predicted molar refractivity (Wildman–Crippen MR) is 110 cm³/mol. The van der Waals surface area contributed by atoms with E-state index in [0.29, 0.717) is 12.4 Å². The fourth-order valence-corrected chi connectivity index (χ4v) is 3.72. The number of benzene rings is 2. The molecule has 7 heteroatoms. The summed E-state index contributed by atoms with van der Waals surface area (Å²) in [6, 6.07) is 13.5. The Kier molecular flexibility index (Phi) is 4.98. The maximum atomic E-state index is 13.6. The normalized spacial score (nSPS) is 14.1. The fourth-order valence-electron chi connectivity index (χ4n) is 3.72. The molecule has 152 valence electrons. The number of aromatic nitrogens is 2. The highest BCUT2D eigenvalue weighted by Crippen LogP contribution is 2.38. The van der Waals surface area contributed by atoms with E-state index in [9.17, 15) is 13.2 Å². The van der Waals surface area contributed by atoms with E-state index >= 15 is 0 Å². The number of rotatable bonds is 3. The van der Waals surface area contributed by atoms with Crippen LogP contribution in [0.5, 0.6) is 0 Å². The highest BCUT2D eigenvalue weighted by molar-refractivity contribution is 5.73. The molecule has 1 N–H and O–H groups in total. The van der Waals surface area contributed by atoms with Crippen LogP contribution in [0.1, 0.15) is 24.0 Å². The summed E-state index contributed by atoms with van der Waals surface area (Å²) in [5.41, 5.74) is 3.01. The lowest BCUT2D eigenvalue weighted by atomic mass is 10.0. The minimum absolute atomic E-state index is 0.0433. The van der Waals surface area contributed by atoms with Gasteiger partial charge in [0.05, 0.1) is 16.9 Å². The molecular formula is C22H23F3N4. The zero-order valence-electron chi connectivity index (χ0n) is 16.4. The molecule has 1 aromatic heterocycles. The molecule has 4 nitrogen and oxygen atoms in total. The monoisotopic (exact) mass is 400 g/mol. The molecule has 0 fully saturated rings. The minimum Gasteiger partial charge on any atom is -0.378 e. The molecule has 0 radical (unpaired) electrons. The highest BCUT2D eigenvalue weighted by Gasteiger charge is 2.35. The molecule has 4 rings (SSSR count). The Morgan fingerprint density at radius 2 is 1.72 bits per heavy atom. The summed E-state index contributed by atoms with van der Waals surface area (Å²) in [7, 11) is 3.93. The number of hydrogen-bond donors (Lipinski definition) is 1. The van der Waals surface area contributed by atoms with Crippen LogP contribution < -0.4 is 10.2 Å². The van der Waals surface area contributed by atoms with Crippen molar-refractivity contribution in [2.45, 2.75) is 25.4 Å². The third kappa shape index (κ3) is 3.69. The van der Waals surface area contributed by atoms with E-state index < -0.39 is 11.7 Å². The molecule has 0 amide bonds. The number of halogens is 3. The van der Waals surface area contributed by atoms with Crippen LogP contribution in [0.4, 0.5) is 24.7 Å². The first-order chi connectivity index (χ1) is 13.9. The second-order valence-corrected chi connectivity index (χ2v) is 7.43. The van der Waals surface area contributed by atoms with E-state index in [1.165, 1.54) is 16.8 Å². The van der Waals surface area contributed by atoms with Gasteiger partial charge in [0, 0.05) is 37.5 Å². The summed E-state index contributed by atoms with van der Waals surface area (Å²) < 4.78 is 42.3. The van der Waals surface area contributed by atoms with Crippen molar-refractivity contribution in [1.29, 1.82) is 0 Å². The predicted octanol–water partition coefficient (Wildman–Crippen LogP) is 5.37. The Hall–Kier alpha value is -2.96. The molecular weight excluding hydrogens is 377 g/mol. The Morgan fingerprint density at radius 3 is 2.41 bits per heavy atom. The minimum atomic E-state index is -4.45. The molecule has 0 saturated heterocycles. The fraction of sp³-hybridized carbons (Fsp3) is 0.318. The molecule has 2 aromatic carbocycles. The van der Waals surface area contributed by atoms with Gasteiger partial charge in [-0.15, -0.1) is 0 Å². The second-order valence-electron chi connectivity index (χ2n) is 7.43. The van der Waals surface area contributed by atoms with Gasteiger partial charge in [-0.2, -0.15) is 18.3 Å². The topological polar surface area (TPSA) is 33.1 Å². The first kappa shape index (κ1) is 19.4. The van der Waals surface area contributed by atoms with Gasteiger partial charge in [0.2, 0.25) is 0 Å². The SMILES string of the molecule is CN(C)c1ccc(-c2nn(-c3ccccc3C(F)(F)F)c3c2CCCCN3)cc1. The summed E-state index contributed by atoms with van der Waals surface area (Å²) in [6.45, 7) is 0.714. The van der Waals surface area contributed by atoms with Crippen LogP contribution in [0, 0.1) is 0 Å². The summed E-state index contributed by atoms with van der Waals surface area (Å²) in [5, 5.41) is 7.98. The molecule has 0 aliphatic carbocycles. The zero-order valence-corrected chi connectivity index (χ0v) is 16.4. The third-order valence-electron chi connectivity index (χ3n) is 5.22. The number of nitrogens with one attached hydrogen (secondary N) is 1. The smallest absolute Gasteiger partial charge is 0.378 e. The van der Waals surface area contributed by atoms with Crippen molar-refractivity contribution in [3.05, 3.63) is 59.7 Å². The summed E-state index contributed by atoms with van der Waals surface area (Å²) in [6.07, 6.45) is -1.74. The Morgan fingerprint density at radius 1 is 1.00 bits per heavy atom. The molecule has 2 heterocycles. The van der Waals surface area contributed by atoms with Crippen LogP contribution in [-0.2, 0) is 12.6 Å². The summed E-state index contributed by atoms with van der Waals surface area (Å²) in [4.78, 5) is 2.00. The van der Waals surface area contributed by atoms with Gasteiger partial charge in [-0.3, -0.25) is 0 Å². The van der Waals surface area contributed by atoms with Crippen molar-refractivity contribution in [1.82, 2.24) is 9.78 Å². The van der Waals surface area contributed by atoms with Crippen LogP contribution >= 0.6 is 0 Å². The van der Waals surface area contributed by atoms with Crippen LogP contribution in [0.25, 0.3) is 16.9 Å². The maximum absolute atomic E-state index is 13.6. The number of alkyl halides is 3. The lowest BCUT2D eigenvalue weighted by molar-refractivity contribution is -0.137. The second kappa shape index (κ2) is 7.46. The Labute approximate surface area is 168 Å². The van der Waals surface area contributed by atoms with E-state index in [2.05, 4.69) is 10.4 Å². The van der Waals surface area contributed by atoms with Crippen molar-refractivity contribution in [3.63, 3.8) is 0 Å². The van der Waals surface area contributed by atoms with Gasteiger partial charge in [0.1, 0.15) is 5.82 Å².